The third-order valence-corrected chi connectivity index (χ3v) is 10.1. The lowest BCUT2D eigenvalue weighted by Gasteiger charge is -2.37. The number of esters is 1. The number of unbranched alkanes of at least 4 members (excludes halogenated alkanes) is 1. The van der Waals surface area contributed by atoms with Crippen molar-refractivity contribution in [2.75, 3.05) is 38.3 Å². The van der Waals surface area contributed by atoms with Gasteiger partial charge in [-0.05, 0) is 61.9 Å². The monoisotopic (exact) mass is 707 g/mol. The molecule has 0 aromatic heterocycles. The minimum atomic E-state index is -1.26. The third-order valence-electron chi connectivity index (χ3n) is 9.83. The highest BCUT2D eigenvalue weighted by Crippen LogP contribution is 2.59. The minimum absolute atomic E-state index is 0.0581. The Labute approximate surface area is 298 Å². The number of likely N-dealkylation sites (tertiary alicyclic amines) is 1. The Hall–Kier alpha value is -4.03. The summed E-state index contributed by atoms with van der Waals surface area (Å²) in [6.07, 6.45) is 4.11. The summed E-state index contributed by atoms with van der Waals surface area (Å²) in [4.78, 5) is 59.5. The second kappa shape index (κ2) is 16.8. The third kappa shape index (κ3) is 7.51. The first-order valence-electron chi connectivity index (χ1n) is 17.1. The van der Waals surface area contributed by atoms with Gasteiger partial charge in [0, 0.05) is 43.9 Å². The van der Waals surface area contributed by atoms with Crippen molar-refractivity contribution in [3.8, 4) is 0 Å². The molecular weight excluding hydrogens is 662 g/mol. The van der Waals surface area contributed by atoms with Gasteiger partial charge in [-0.25, -0.2) is 0 Å². The zero-order chi connectivity index (χ0) is 35.8. The van der Waals surface area contributed by atoms with Gasteiger partial charge in [0.05, 0.1) is 30.6 Å². The number of fused-ring (bicyclic) bond motifs is 1. The fourth-order valence-electron chi connectivity index (χ4n) is 7.68. The van der Waals surface area contributed by atoms with Crippen LogP contribution >= 0.6 is 11.6 Å². The predicted molar refractivity (Wildman–Crippen MR) is 188 cm³/mol. The number of rotatable bonds is 18. The second-order valence-corrected chi connectivity index (χ2v) is 13.4. The molecule has 2 bridgehead atoms. The molecule has 0 unspecified atom stereocenters. The number of amides is 3. The van der Waals surface area contributed by atoms with E-state index in [9.17, 15) is 24.3 Å². The van der Waals surface area contributed by atoms with Gasteiger partial charge in [-0.15, -0.1) is 13.2 Å². The normalized spacial score (nSPS) is 24.7. The summed E-state index contributed by atoms with van der Waals surface area (Å²) in [5.74, 6) is -3.55. The zero-order valence-corrected chi connectivity index (χ0v) is 29.1. The highest BCUT2D eigenvalue weighted by Gasteiger charge is 2.75. The van der Waals surface area contributed by atoms with Crippen LogP contribution in [0.3, 0.4) is 0 Å². The van der Waals surface area contributed by atoms with Crippen molar-refractivity contribution in [2.24, 2.45) is 11.8 Å². The molecule has 268 valence electrons. The van der Waals surface area contributed by atoms with Gasteiger partial charge in [-0.1, -0.05) is 54.1 Å². The summed E-state index contributed by atoms with van der Waals surface area (Å²) in [7, 11) is 1.50. The molecule has 1 spiro atoms. The summed E-state index contributed by atoms with van der Waals surface area (Å²) in [5, 5.41) is 13.0. The van der Waals surface area contributed by atoms with Crippen molar-refractivity contribution < 1.29 is 38.5 Å². The maximum Gasteiger partial charge on any atom is 0.313 e. The first-order chi connectivity index (χ1) is 24.2. The van der Waals surface area contributed by atoms with Gasteiger partial charge in [0.15, 0.2) is 0 Å². The topological polar surface area (TPSA) is 135 Å². The van der Waals surface area contributed by atoms with E-state index in [1.54, 1.807) is 53.5 Å². The Morgan fingerprint density at radius 2 is 1.88 bits per heavy atom. The van der Waals surface area contributed by atoms with Crippen LogP contribution in [0, 0.1) is 11.8 Å². The van der Waals surface area contributed by atoms with Crippen molar-refractivity contribution >= 4 is 41.0 Å². The highest BCUT2D eigenvalue weighted by atomic mass is 35.5. The van der Waals surface area contributed by atoms with E-state index in [4.69, 9.17) is 25.8 Å². The molecule has 3 aliphatic rings. The number of carbonyl (C=O) groups excluding carboxylic acids is 4. The van der Waals surface area contributed by atoms with Crippen LogP contribution in [0.4, 0.5) is 5.69 Å². The van der Waals surface area contributed by atoms with Gasteiger partial charge in [-0.3, -0.25) is 19.2 Å². The number of aliphatic hydroxyl groups is 1. The molecule has 12 heteroatoms. The first-order valence-corrected chi connectivity index (χ1v) is 17.5. The van der Waals surface area contributed by atoms with Crippen molar-refractivity contribution in [1.82, 2.24) is 10.2 Å². The predicted octanol–water partition coefficient (Wildman–Crippen LogP) is 4.39. The molecule has 3 fully saturated rings. The lowest BCUT2D eigenvalue weighted by molar-refractivity contribution is -0.163. The largest absolute Gasteiger partial charge is 0.455 e. The van der Waals surface area contributed by atoms with Crippen LogP contribution in [0.1, 0.15) is 50.2 Å². The maximum atomic E-state index is 14.7. The van der Waals surface area contributed by atoms with E-state index in [2.05, 4.69) is 18.5 Å². The van der Waals surface area contributed by atoms with Crippen LogP contribution in [0.5, 0.6) is 0 Å². The molecule has 11 nitrogen and oxygen atoms in total. The quantitative estimate of drug-likeness (QED) is 0.132. The molecule has 0 radical (unpaired) electrons. The van der Waals surface area contributed by atoms with Gasteiger partial charge in [0.1, 0.15) is 17.7 Å². The average Bonchev–Trinajstić information content (AvgIpc) is 3.76. The summed E-state index contributed by atoms with van der Waals surface area (Å²) in [5.41, 5.74) is -0.0404. The number of aliphatic hydroxyl groups excluding tert-OH is 1. The molecule has 2 aromatic carbocycles. The molecule has 3 aliphatic heterocycles. The lowest BCUT2D eigenvalue weighted by atomic mass is 9.70. The number of anilines is 1. The van der Waals surface area contributed by atoms with E-state index < -0.39 is 47.7 Å². The van der Waals surface area contributed by atoms with E-state index >= 15 is 0 Å². The van der Waals surface area contributed by atoms with Gasteiger partial charge >= 0.3 is 5.97 Å². The summed E-state index contributed by atoms with van der Waals surface area (Å²) >= 11 is 6.15. The number of nitrogens with zero attached hydrogens (tertiary/aromatic N) is 2. The molecule has 2 N–H and O–H groups in total. The minimum Gasteiger partial charge on any atom is -0.455 e. The van der Waals surface area contributed by atoms with E-state index in [0.29, 0.717) is 48.4 Å². The van der Waals surface area contributed by atoms with Gasteiger partial charge in [-0.2, -0.15) is 0 Å². The Bertz CT molecular complexity index is 1540. The van der Waals surface area contributed by atoms with Crippen LogP contribution in [0.15, 0.2) is 79.9 Å². The van der Waals surface area contributed by atoms with Gasteiger partial charge in [0.25, 0.3) is 5.91 Å². The number of hydrogen-bond donors (Lipinski definition) is 2. The van der Waals surface area contributed by atoms with Gasteiger partial charge < -0.3 is 34.4 Å². The van der Waals surface area contributed by atoms with Crippen LogP contribution in [-0.2, 0) is 33.4 Å². The molecule has 2 aromatic rings. The molecule has 5 rings (SSSR count). The number of hydrogen-bond acceptors (Lipinski definition) is 8. The van der Waals surface area contributed by atoms with Gasteiger partial charge in [0.2, 0.25) is 11.8 Å². The fourth-order valence-corrected chi connectivity index (χ4v) is 7.81. The van der Waals surface area contributed by atoms with Crippen LogP contribution in [-0.4, -0.2) is 90.9 Å². The van der Waals surface area contributed by atoms with E-state index in [0.717, 1.165) is 0 Å². The Morgan fingerprint density at radius 3 is 2.54 bits per heavy atom. The van der Waals surface area contributed by atoms with Crippen LogP contribution < -0.4 is 10.2 Å². The van der Waals surface area contributed by atoms with Crippen molar-refractivity contribution in [2.45, 2.75) is 68.4 Å². The summed E-state index contributed by atoms with van der Waals surface area (Å²) in [6.45, 7) is 7.89. The molecule has 0 aliphatic carbocycles. The fraction of sp³-hybridized carbons (Fsp3) is 0.474. The van der Waals surface area contributed by atoms with E-state index in [1.807, 2.05) is 18.2 Å². The Balaban J connectivity index is 1.48. The smallest absolute Gasteiger partial charge is 0.313 e. The molecule has 3 heterocycles. The molecule has 0 saturated carbocycles. The van der Waals surface area contributed by atoms with Crippen molar-refractivity contribution in [1.29, 1.82) is 0 Å². The standard InChI is InChI=1S/C38H46ClN3O8/c1-4-6-14-30(44)40-28(24-48-3)33(25-12-8-7-9-13-25)49-37(47)31-29-19-20-38(50-29)32(31)35(45)42(22-10-11-23-43)34(38)36(46)41(21-5-2)27-17-15-26(39)16-18-27/h4-5,7-9,12-13,15-18,28-29,31-34,43H,1-2,6,10-11,14,19-24H2,3H3,(H,40,44)/t28-,29+,31-,32-,33-,34+,38-/m1/s1. The zero-order valence-electron chi connectivity index (χ0n) is 28.4. The molecule has 3 amide bonds. The van der Waals surface area contributed by atoms with E-state index in [-0.39, 0.29) is 50.4 Å². The number of allylic oxidation sites excluding steroid dienone is 1. The summed E-state index contributed by atoms with van der Waals surface area (Å²) < 4.78 is 18.4. The highest BCUT2D eigenvalue weighted by molar-refractivity contribution is 6.30. The van der Waals surface area contributed by atoms with Crippen LogP contribution in [0.2, 0.25) is 5.02 Å². The molecular formula is C38H46ClN3O8. The number of ether oxygens (including phenoxy) is 3. The SMILES string of the molecule is C=CCCC(=O)N[C@H](COC)[C@H](OC(=O)[C@@H]1[C@@H]2CC[C@]3(O2)[C@H](C(=O)N(CC=C)c2ccc(Cl)cc2)N(CCCCO)C(=O)[C@@H]13)c1ccccc1. The number of carbonyl (C=O) groups is 4. The number of halogens is 1. The molecule has 3 saturated heterocycles. The molecule has 50 heavy (non-hydrogen) atoms. The first kappa shape index (κ1) is 37.2. The van der Waals surface area contributed by atoms with Crippen LogP contribution in [0.25, 0.3) is 0 Å². The van der Waals surface area contributed by atoms with Crippen molar-refractivity contribution in [3.05, 3.63) is 90.5 Å². The Morgan fingerprint density at radius 1 is 1.14 bits per heavy atom. The van der Waals surface area contributed by atoms with Crippen molar-refractivity contribution in [3.63, 3.8) is 0 Å². The second-order valence-electron chi connectivity index (χ2n) is 13.0. The maximum absolute atomic E-state index is 14.7. The number of nitrogens with one attached hydrogen (secondary N) is 1. The molecule has 7 atom stereocenters. The summed E-state index contributed by atoms with van der Waals surface area (Å²) in [6, 6.07) is 14.2. The number of benzene rings is 2. The lowest BCUT2D eigenvalue weighted by Crippen LogP contribution is -2.56. The number of methoxy groups -OCH3 is 1. The average molecular weight is 708 g/mol. The Kier molecular flexibility index (Phi) is 12.5. The van der Waals surface area contributed by atoms with E-state index in [1.165, 1.54) is 12.0 Å².